The molecule has 1 aromatic carbocycles. The first-order valence-electron chi connectivity index (χ1n) is 10.7. The van der Waals surface area contributed by atoms with Crippen molar-refractivity contribution in [2.45, 2.75) is 57.5 Å². The highest BCUT2D eigenvalue weighted by Crippen LogP contribution is 2.30. The number of nitrogens with one attached hydrogen (secondary N) is 1. The van der Waals surface area contributed by atoms with Gasteiger partial charge in [-0.25, -0.2) is 0 Å². The van der Waals surface area contributed by atoms with Crippen LogP contribution in [0.15, 0.2) is 24.3 Å². The predicted octanol–water partition coefficient (Wildman–Crippen LogP) is 2.71. The largest absolute Gasteiger partial charge is 0.497 e. The Morgan fingerprint density at radius 1 is 1.25 bits per heavy atom. The van der Waals surface area contributed by atoms with Gasteiger partial charge in [-0.2, -0.15) is 4.37 Å². The van der Waals surface area contributed by atoms with Crippen molar-refractivity contribution in [2.75, 3.05) is 17.7 Å². The normalized spacial score (nSPS) is 14.7. The fraction of sp³-hybridized carbons (Fsp3) is 0.455. The minimum atomic E-state index is -0.808. The Morgan fingerprint density at radius 3 is 2.44 bits per heavy atom. The maximum Gasteiger partial charge on any atom is 0.272 e. The Bertz CT molecular complexity index is 969. The van der Waals surface area contributed by atoms with Gasteiger partial charge in [0.05, 0.1) is 12.8 Å². The second-order valence-electron chi connectivity index (χ2n) is 7.81. The molecule has 1 unspecified atom stereocenters. The van der Waals surface area contributed by atoms with E-state index in [2.05, 4.69) is 9.69 Å². The third-order valence-electron chi connectivity index (χ3n) is 5.60. The molecule has 0 bridgehead atoms. The molecular weight excluding hydrogens is 430 g/mol. The van der Waals surface area contributed by atoms with Crippen LogP contribution in [0.3, 0.4) is 0 Å². The third-order valence-corrected chi connectivity index (χ3v) is 6.45. The van der Waals surface area contributed by atoms with Gasteiger partial charge in [0, 0.05) is 11.7 Å². The molecule has 32 heavy (non-hydrogen) atoms. The van der Waals surface area contributed by atoms with Crippen molar-refractivity contribution in [3.63, 3.8) is 0 Å². The smallest absolute Gasteiger partial charge is 0.272 e. The summed E-state index contributed by atoms with van der Waals surface area (Å²) >= 11 is 0.800. The number of methoxy groups -OCH3 is 1. The number of carbonyl (C=O) groups excluding carboxylic acids is 3. The number of anilines is 2. The molecule has 172 valence electrons. The lowest BCUT2D eigenvalue weighted by atomic mass is 10.1. The highest BCUT2D eigenvalue weighted by molar-refractivity contribution is 7.09. The van der Waals surface area contributed by atoms with Gasteiger partial charge in [-0.05, 0) is 55.1 Å². The Balaban J connectivity index is 2.01. The number of hydrogen-bond acceptors (Lipinski definition) is 7. The van der Waals surface area contributed by atoms with Crippen LogP contribution in [0.1, 0.15) is 65.6 Å². The summed E-state index contributed by atoms with van der Waals surface area (Å²) in [5.74, 6) is -0.895. The van der Waals surface area contributed by atoms with Crippen molar-refractivity contribution < 1.29 is 19.1 Å². The summed E-state index contributed by atoms with van der Waals surface area (Å²) in [4.78, 5) is 40.1. The number of nitrogen functional groups attached to an aromatic ring is 1. The zero-order valence-electron chi connectivity index (χ0n) is 18.3. The quantitative estimate of drug-likeness (QED) is 0.526. The fourth-order valence-electron chi connectivity index (χ4n) is 3.94. The second kappa shape index (κ2) is 10.4. The number of carbonyl (C=O) groups is 3. The lowest BCUT2D eigenvalue weighted by molar-refractivity contribution is -0.123. The zero-order valence-corrected chi connectivity index (χ0v) is 19.1. The number of benzene rings is 1. The van der Waals surface area contributed by atoms with Crippen molar-refractivity contribution in [3.05, 3.63) is 34.8 Å². The van der Waals surface area contributed by atoms with E-state index >= 15 is 0 Å². The van der Waals surface area contributed by atoms with E-state index in [1.165, 1.54) is 4.90 Å². The number of ether oxygens (including phenoxy) is 1. The summed E-state index contributed by atoms with van der Waals surface area (Å²) in [6.07, 6.45) is 5.18. The molecule has 10 heteroatoms. The van der Waals surface area contributed by atoms with Crippen molar-refractivity contribution in [3.8, 4) is 5.75 Å². The topological polar surface area (TPSA) is 141 Å². The number of amides is 3. The number of hydrogen-bond donors (Lipinski definition) is 3. The van der Waals surface area contributed by atoms with Gasteiger partial charge in [-0.15, -0.1) is 0 Å². The number of nitrogens with two attached hydrogens (primary N) is 2. The van der Waals surface area contributed by atoms with Crippen LogP contribution >= 0.6 is 11.5 Å². The summed E-state index contributed by atoms with van der Waals surface area (Å²) in [6, 6.07) is 6.24. The molecule has 1 aromatic heterocycles. The van der Waals surface area contributed by atoms with Crippen LogP contribution in [0.2, 0.25) is 0 Å². The molecule has 5 N–H and O–H groups in total. The molecule has 3 amide bonds. The summed E-state index contributed by atoms with van der Waals surface area (Å²) in [7, 11) is 1.55. The summed E-state index contributed by atoms with van der Waals surface area (Å²) in [5.41, 5.74) is 11.6. The molecule has 0 saturated heterocycles. The van der Waals surface area contributed by atoms with Crippen LogP contribution in [0, 0.1) is 0 Å². The molecule has 1 heterocycles. The maximum absolute atomic E-state index is 13.7. The maximum atomic E-state index is 13.7. The van der Waals surface area contributed by atoms with Crippen LogP contribution in [-0.2, 0) is 4.79 Å². The van der Waals surface area contributed by atoms with Crippen LogP contribution in [0.25, 0.3) is 0 Å². The van der Waals surface area contributed by atoms with Gasteiger partial charge in [0.1, 0.15) is 16.7 Å². The molecule has 3 rings (SSSR count). The Morgan fingerprint density at radius 2 is 1.91 bits per heavy atom. The standard InChI is InChI=1S/C22H29N5O4S/c1-3-6-16(21(29)25-13-7-4-5-8-13)27(14-9-11-15(31-2)12-10-14)22(30)19-17(23)18(20(24)28)26-32-19/h9-13,16H,3-8,23H2,1-2H3,(H2,24,28)(H,25,29). The van der Waals surface area contributed by atoms with Crippen LogP contribution in [-0.4, -0.2) is 41.3 Å². The molecule has 9 nitrogen and oxygen atoms in total. The van der Waals surface area contributed by atoms with E-state index in [0.717, 1.165) is 37.2 Å². The summed E-state index contributed by atoms with van der Waals surface area (Å²) < 4.78 is 9.17. The van der Waals surface area contributed by atoms with E-state index in [9.17, 15) is 14.4 Å². The molecule has 1 fully saturated rings. The number of aromatic nitrogens is 1. The van der Waals surface area contributed by atoms with E-state index in [1.54, 1.807) is 31.4 Å². The highest BCUT2D eigenvalue weighted by Gasteiger charge is 2.35. The third kappa shape index (κ3) is 5.01. The molecule has 0 spiro atoms. The van der Waals surface area contributed by atoms with Gasteiger partial charge in [0.2, 0.25) is 5.91 Å². The monoisotopic (exact) mass is 459 g/mol. The van der Waals surface area contributed by atoms with Crippen molar-refractivity contribution in [1.29, 1.82) is 0 Å². The van der Waals surface area contributed by atoms with Gasteiger partial charge in [0.15, 0.2) is 5.69 Å². The average molecular weight is 460 g/mol. The average Bonchev–Trinajstić information content (AvgIpc) is 3.43. The Hall–Kier alpha value is -3.14. The van der Waals surface area contributed by atoms with E-state index in [4.69, 9.17) is 16.2 Å². The molecular formula is C22H29N5O4S. The minimum Gasteiger partial charge on any atom is -0.497 e. The molecule has 1 saturated carbocycles. The molecule has 1 atom stereocenters. The fourth-order valence-corrected chi connectivity index (χ4v) is 4.68. The molecule has 1 aliphatic rings. The Labute approximate surface area is 191 Å². The van der Waals surface area contributed by atoms with E-state index in [-0.39, 0.29) is 28.2 Å². The van der Waals surface area contributed by atoms with Gasteiger partial charge in [-0.3, -0.25) is 19.3 Å². The lowest BCUT2D eigenvalue weighted by Gasteiger charge is -2.31. The number of primary amides is 1. The van der Waals surface area contributed by atoms with Crippen LogP contribution in [0.5, 0.6) is 5.75 Å². The lowest BCUT2D eigenvalue weighted by Crippen LogP contribution is -2.51. The minimum absolute atomic E-state index is 0.0718. The first kappa shape index (κ1) is 23.5. The van der Waals surface area contributed by atoms with E-state index in [0.29, 0.717) is 24.3 Å². The Kier molecular flexibility index (Phi) is 7.68. The predicted molar refractivity (Wildman–Crippen MR) is 124 cm³/mol. The van der Waals surface area contributed by atoms with E-state index < -0.39 is 17.9 Å². The molecule has 0 radical (unpaired) electrons. The van der Waals surface area contributed by atoms with Crippen molar-refractivity contribution in [2.24, 2.45) is 5.73 Å². The molecule has 0 aliphatic heterocycles. The van der Waals surface area contributed by atoms with Crippen LogP contribution in [0.4, 0.5) is 11.4 Å². The van der Waals surface area contributed by atoms with Crippen molar-refractivity contribution >= 4 is 40.6 Å². The second-order valence-corrected chi connectivity index (χ2v) is 8.58. The number of rotatable bonds is 9. The first-order chi connectivity index (χ1) is 15.4. The molecule has 2 aromatic rings. The van der Waals surface area contributed by atoms with Gasteiger partial charge < -0.3 is 21.5 Å². The first-order valence-corrected chi connectivity index (χ1v) is 11.5. The SMILES string of the molecule is CCCC(C(=O)NC1CCCC1)N(C(=O)c1snc(C(N)=O)c1N)c1ccc(OC)cc1. The summed E-state index contributed by atoms with van der Waals surface area (Å²) in [6.45, 7) is 1.96. The van der Waals surface area contributed by atoms with Gasteiger partial charge in [0.25, 0.3) is 11.8 Å². The van der Waals surface area contributed by atoms with E-state index in [1.807, 2.05) is 6.92 Å². The van der Waals surface area contributed by atoms with Gasteiger partial charge in [-0.1, -0.05) is 26.2 Å². The number of nitrogens with zero attached hydrogens (tertiary/aromatic N) is 2. The van der Waals surface area contributed by atoms with Crippen molar-refractivity contribution in [1.82, 2.24) is 9.69 Å². The van der Waals surface area contributed by atoms with Gasteiger partial charge >= 0.3 is 0 Å². The zero-order chi connectivity index (χ0) is 23.3. The molecule has 1 aliphatic carbocycles. The van der Waals surface area contributed by atoms with Crippen LogP contribution < -0.4 is 26.4 Å². The summed E-state index contributed by atoms with van der Waals surface area (Å²) in [5, 5.41) is 3.11. The highest BCUT2D eigenvalue weighted by atomic mass is 32.1.